The highest BCUT2D eigenvalue weighted by atomic mass is 16.2. The van der Waals surface area contributed by atoms with Gasteiger partial charge in [0.1, 0.15) is 0 Å². The van der Waals surface area contributed by atoms with Gasteiger partial charge in [0.05, 0.1) is 6.04 Å². The van der Waals surface area contributed by atoms with E-state index in [0.29, 0.717) is 17.9 Å². The van der Waals surface area contributed by atoms with Crippen molar-refractivity contribution < 1.29 is 4.79 Å². The summed E-state index contributed by atoms with van der Waals surface area (Å²) in [7, 11) is 2.04. The molecular weight excluding hydrogens is 238 g/mol. The first kappa shape index (κ1) is 14.8. The third kappa shape index (κ3) is 3.48. The number of amides is 1. The number of rotatable bonds is 3. The number of likely N-dealkylation sites (tertiary alicyclic amines) is 2. The SMILES string of the molecule is CNC1CCN(C(C)C(=O)N2CCCCC2)CC1C. The molecule has 0 radical (unpaired) electrons. The second-order valence-electron chi connectivity index (χ2n) is 6.22. The Kier molecular flexibility index (Phi) is 5.22. The smallest absolute Gasteiger partial charge is 0.239 e. The summed E-state index contributed by atoms with van der Waals surface area (Å²) in [6, 6.07) is 0.659. The second-order valence-corrected chi connectivity index (χ2v) is 6.22. The van der Waals surface area contributed by atoms with Gasteiger partial charge in [-0.1, -0.05) is 6.92 Å². The molecule has 2 saturated heterocycles. The van der Waals surface area contributed by atoms with Gasteiger partial charge in [0.15, 0.2) is 0 Å². The summed E-state index contributed by atoms with van der Waals surface area (Å²) in [5, 5.41) is 3.38. The fourth-order valence-corrected chi connectivity index (χ4v) is 3.49. The Morgan fingerprint density at radius 2 is 1.89 bits per heavy atom. The normalized spacial score (nSPS) is 31.2. The van der Waals surface area contributed by atoms with E-state index in [1.165, 1.54) is 19.3 Å². The quantitative estimate of drug-likeness (QED) is 0.837. The van der Waals surface area contributed by atoms with Crippen LogP contribution in [0.2, 0.25) is 0 Å². The number of carbonyl (C=O) groups is 1. The standard InChI is InChI=1S/C15H29N3O/c1-12-11-18(10-7-14(12)16-3)13(2)15(19)17-8-5-4-6-9-17/h12-14,16H,4-11H2,1-3H3. The summed E-state index contributed by atoms with van der Waals surface area (Å²) in [6.45, 7) is 8.37. The Morgan fingerprint density at radius 3 is 2.47 bits per heavy atom. The van der Waals surface area contributed by atoms with Crippen molar-refractivity contribution in [1.29, 1.82) is 0 Å². The summed E-state index contributed by atoms with van der Waals surface area (Å²) in [5.74, 6) is 0.963. The van der Waals surface area contributed by atoms with Crippen molar-refractivity contribution in [3.05, 3.63) is 0 Å². The van der Waals surface area contributed by atoms with Crippen molar-refractivity contribution in [2.24, 2.45) is 5.92 Å². The van der Waals surface area contributed by atoms with Crippen LogP contribution in [0.4, 0.5) is 0 Å². The lowest BCUT2D eigenvalue weighted by atomic mass is 9.93. The summed E-state index contributed by atoms with van der Waals surface area (Å²) in [6.07, 6.45) is 4.78. The lowest BCUT2D eigenvalue weighted by Gasteiger charge is -2.41. The molecule has 0 bridgehead atoms. The zero-order chi connectivity index (χ0) is 13.8. The maximum atomic E-state index is 12.5. The Bertz CT molecular complexity index is 302. The molecule has 19 heavy (non-hydrogen) atoms. The Labute approximate surface area is 117 Å². The van der Waals surface area contributed by atoms with Gasteiger partial charge < -0.3 is 10.2 Å². The van der Waals surface area contributed by atoms with Crippen molar-refractivity contribution in [2.45, 2.75) is 51.6 Å². The molecule has 2 aliphatic rings. The number of nitrogens with zero attached hydrogens (tertiary/aromatic N) is 2. The molecule has 2 rings (SSSR count). The van der Waals surface area contributed by atoms with Gasteiger partial charge in [-0.15, -0.1) is 0 Å². The van der Waals surface area contributed by atoms with Crippen LogP contribution in [0.3, 0.4) is 0 Å². The van der Waals surface area contributed by atoms with E-state index in [4.69, 9.17) is 0 Å². The van der Waals surface area contributed by atoms with Gasteiger partial charge in [-0.05, 0) is 45.6 Å². The molecule has 0 saturated carbocycles. The van der Waals surface area contributed by atoms with E-state index < -0.39 is 0 Å². The number of nitrogens with one attached hydrogen (secondary N) is 1. The van der Waals surface area contributed by atoms with Gasteiger partial charge in [0.2, 0.25) is 5.91 Å². The molecule has 4 nitrogen and oxygen atoms in total. The van der Waals surface area contributed by atoms with E-state index in [-0.39, 0.29) is 6.04 Å². The van der Waals surface area contributed by atoms with Gasteiger partial charge >= 0.3 is 0 Å². The molecule has 110 valence electrons. The number of piperidine rings is 2. The maximum Gasteiger partial charge on any atom is 0.239 e. The molecule has 1 N–H and O–H groups in total. The summed E-state index contributed by atoms with van der Waals surface area (Å²) in [4.78, 5) is 17.0. The summed E-state index contributed by atoms with van der Waals surface area (Å²) >= 11 is 0. The molecule has 4 heteroatoms. The topological polar surface area (TPSA) is 35.6 Å². The Morgan fingerprint density at radius 1 is 1.21 bits per heavy atom. The molecule has 1 amide bonds. The first-order valence-corrected chi connectivity index (χ1v) is 7.83. The van der Waals surface area contributed by atoms with Crippen molar-refractivity contribution in [2.75, 3.05) is 33.2 Å². The molecule has 3 atom stereocenters. The minimum Gasteiger partial charge on any atom is -0.341 e. The fourth-order valence-electron chi connectivity index (χ4n) is 3.49. The molecule has 2 heterocycles. The zero-order valence-electron chi connectivity index (χ0n) is 12.7. The molecule has 0 aromatic heterocycles. The second kappa shape index (κ2) is 6.71. The lowest BCUT2D eigenvalue weighted by molar-refractivity contribution is -0.138. The van der Waals surface area contributed by atoms with E-state index in [0.717, 1.165) is 32.6 Å². The van der Waals surface area contributed by atoms with Gasteiger partial charge in [-0.25, -0.2) is 0 Å². The number of hydrogen-bond acceptors (Lipinski definition) is 3. The number of carbonyl (C=O) groups excluding carboxylic acids is 1. The van der Waals surface area contributed by atoms with Crippen molar-refractivity contribution in [1.82, 2.24) is 15.1 Å². The van der Waals surface area contributed by atoms with E-state index >= 15 is 0 Å². The van der Waals surface area contributed by atoms with E-state index in [2.05, 4.69) is 29.0 Å². The molecule has 0 aromatic rings. The van der Waals surface area contributed by atoms with Crippen molar-refractivity contribution in [3.8, 4) is 0 Å². The highest BCUT2D eigenvalue weighted by Gasteiger charge is 2.32. The van der Waals surface area contributed by atoms with Crippen LogP contribution < -0.4 is 5.32 Å². The fraction of sp³-hybridized carbons (Fsp3) is 0.933. The van der Waals surface area contributed by atoms with Gasteiger partial charge in [-0.3, -0.25) is 9.69 Å². The average Bonchev–Trinajstić information content (AvgIpc) is 2.46. The summed E-state index contributed by atoms with van der Waals surface area (Å²) in [5.41, 5.74) is 0. The molecule has 2 aliphatic heterocycles. The maximum absolute atomic E-state index is 12.5. The summed E-state index contributed by atoms with van der Waals surface area (Å²) < 4.78 is 0. The predicted octanol–water partition coefficient (Wildman–Crippen LogP) is 1.32. The first-order valence-electron chi connectivity index (χ1n) is 7.83. The largest absolute Gasteiger partial charge is 0.341 e. The zero-order valence-corrected chi connectivity index (χ0v) is 12.7. The molecule has 0 aromatic carbocycles. The molecule has 3 unspecified atom stereocenters. The molecular formula is C15H29N3O. The van der Waals surface area contributed by atoms with Crippen molar-refractivity contribution in [3.63, 3.8) is 0 Å². The van der Waals surface area contributed by atoms with E-state index in [1.807, 2.05) is 7.05 Å². The number of hydrogen-bond donors (Lipinski definition) is 1. The third-order valence-electron chi connectivity index (χ3n) is 4.88. The van der Waals surface area contributed by atoms with E-state index in [1.54, 1.807) is 0 Å². The monoisotopic (exact) mass is 267 g/mol. The van der Waals surface area contributed by atoms with Crippen LogP contribution in [0.25, 0.3) is 0 Å². The lowest BCUT2D eigenvalue weighted by Crippen LogP contribution is -2.55. The van der Waals surface area contributed by atoms with Crippen molar-refractivity contribution >= 4 is 5.91 Å². The minimum absolute atomic E-state index is 0.0540. The van der Waals surface area contributed by atoms with Crippen LogP contribution in [0.1, 0.15) is 39.5 Å². The Balaban J connectivity index is 1.88. The predicted molar refractivity (Wildman–Crippen MR) is 78.1 cm³/mol. The first-order chi connectivity index (χ1) is 9.13. The average molecular weight is 267 g/mol. The molecule has 0 spiro atoms. The third-order valence-corrected chi connectivity index (χ3v) is 4.88. The highest BCUT2D eigenvalue weighted by Crippen LogP contribution is 2.20. The van der Waals surface area contributed by atoms with Crippen LogP contribution in [-0.4, -0.2) is 61.0 Å². The van der Waals surface area contributed by atoms with Crippen LogP contribution in [0, 0.1) is 5.92 Å². The van der Waals surface area contributed by atoms with Gasteiger partial charge in [0, 0.05) is 32.2 Å². The van der Waals surface area contributed by atoms with Gasteiger partial charge in [0.25, 0.3) is 0 Å². The Hall–Kier alpha value is -0.610. The van der Waals surface area contributed by atoms with Crippen LogP contribution in [0.5, 0.6) is 0 Å². The van der Waals surface area contributed by atoms with E-state index in [9.17, 15) is 4.79 Å². The highest BCUT2D eigenvalue weighted by molar-refractivity contribution is 5.81. The van der Waals surface area contributed by atoms with Crippen LogP contribution >= 0.6 is 0 Å². The van der Waals surface area contributed by atoms with Gasteiger partial charge in [-0.2, -0.15) is 0 Å². The van der Waals surface area contributed by atoms with Crippen LogP contribution in [0.15, 0.2) is 0 Å². The molecule has 2 fully saturated rings. The molecule has 0 aliphatic carbocycles. The van der Waals surface area contributed by atoms with Crippen LogP contribution in [-0.2, 0) is 4.79 Å². The minimum atomic E-state index is 0.0540.